The van der Waals surface area contributed by atoms with Crippen LogP contribution in [0, 0.1) is 5.82 Å². The number of aromatic nitrogens is 2. The first kappa shape index (κ1) is 14.6. The summed E-state index contributed by atoms with van der Waals surface area (Å²) >= 11 is 0. The van der Waals surface area contributed by atoms with Gasteiger partial charge < -0.3 is 10.2 Å². The molecule has 4 nitrogen and oxygen atoms in total. The van der Waals surface area contributed by atoms with E-state index in [0.29, 0.717) is 6.42 Å². The second kappa shape index (κ2) is 5.89. The van der Waals surface area contributed by atoms with Gasteiger partial charge in [-0.1, -0.05) is 12.1 Å². The lowest BCUT2D eigenvalue weighted by Crippen LogP contribution is -2.45. The van der Waals surface area contributed by atoms with Crippen LogP contribution in [-0.4, -0.2) is 40.0 Å². The first-order valence-electron chi connectivity index (χ1n) is 8.27. The first-order valence-corrected chi connectivity index (χ1v) is 8.27. The van der Waals surface area contributed by atoms with Crippen molar-refractivity contribution >= 4 is 5.82 Å². The average molecular weight is 312 g/mol. The zero-order chi connectivity index (χ0) is 15.7. The molecule has 2 fully saturated rings. The predicted molar refractivity (Wildman–Crippen MR) is 87.9 cm³/mol. The number of hydrogen-bond donors (Lipinski definition) is 1. The van der Waals surface area contributed by atoms with Crippen LogP contribution in [0.1, 0.15) is 30.5 Å². The maximum Gasteiger partial charge on any atom is 0.148 e. The van der Waals surface area contributed by atoms with Crippen LogP contribution >= 0.6 is 0 Å². The monoisotopic (exact) mass is 312 g/mol. The summed E-state index contributed by atoms with van der Waals surface area (Å²) in [5.41, 5.74) is 2.14. The summed E-state index contributed by atoms with van der Waals surface area (Å²) in [7, 11) is 0. The van der Waals surface area contributed by atoms with Crippen molar-refractivity contribution in [1.82, 2.24) is 14.9 Å². The maximum absolute atomic E-state index is 13.1. The standard InChI is InChI=1S/C18H21FN4/c19-15-4-2-14(3-5-15)12-16-17(21-9-8-20-16)22-18(6-7-18)13-23-10-1-11-23/h2-5,8-9H,1,6-7,10-13H2,(H,21,22). The lowest BCUT2D eigenvalue weighted by molar-refractivity contribution is 0.169. The highest BCUT2D eigenvalue weighted by Crippen LogP contribution is 2.40. The summed E-state index contributed by atoms with van der Waals surface area (Å²) in [5, 5.41) is 3.64. The molecular formula is C18H21FN4. The molecule has 1 aliphatic heterocycles. The molecule has 0 atom stereocenters. The minimum absolute atomic E-state index is 0.175. The summed E-state index contributed by atoms with van der Waals surface area (Å²) in [5.74, 6) is 0.660. The molecule has 0 spiro atoms. The van der Waals surface area contributed by atoms with Gasteiger partial charge in [0.05, 0.1) is 11.2 Å². The minimum atomic E-state index is -0.210. The fourth-order valence-corrected chi connectivity index (χ4v) is 3.09. The Morgan fingerprint density at radius 2 is 1.83 bits per heavy atom. The Morgan fingerprint density at radius 3 is 2.48 bits per heavy atom. The summed E-state index contributed by atoms with van der Waals surface area (Å²) in [6.45, 7) is 3.53. The van der Waals surface area contributed by atoms with Crippen molar-refractivity contribution in [1.29, 1.82) is 0 Å². The molecule has 2 aliphatic rings. The SMILES string of the molecule is Fc1ccc(Cc2nccnc2NC2(CN3CCC3)CC2)cc1. The molecule has 23 heavy (non-hydrogen) atoms. The van der Waals surface area contributed by atoms with Gasteiger partial charge in [-0.3, -0.25) is 4.98 Å². The molecule has 2 heterocycles. The topological polar surface area (TPSA) is 41.1 Å². The second-order valence-corrected chi connectivity index (χ2v) is 6.69. The van der Waals surface area contributed by atoms with Crippen LogP contribution in [0.25, 0.3) is 0 Å². The van der Waals surface area contributed by atoms with Crippen LogP contribution in [0.5, 0.6) is 0 Å². The molecule has 1 saturated heterocycles. The zero-order valence-electron chi connectivity index (χ0n) is 13.1. The molecule has 1 aromatic heterocycles. The van der Waals surface area contributed by atoms with Crippen molar-refractivity contribution in [2.75, 3.05) is 25.0 Å². The van der Waals surface area contributed by atoms with Gasteiger partial charge in [0.15, 0.2) is 0 Å². The van der Waals surface area contributed by atoms with Crippen LogP contribution in [0.3, 0.4) is 0 Å². The molecule has 0 unspecified atom stereocenters. The average Bonchev–Trinajstić information content (AvgIpc) is 3.27. The van der Waals surface area contributed by atoms with Crippen molar-refractivity contribution in [2.24, 2.45) is 0 Å². The van der Waals surface area contributed by atoms with Gasteiger partial charge in [-0.15, -0.1) is 0 Å². The van der Waals surface area contributed by atoms with Crippen molar-refractivity contribution in [3.05, 3.63) is 53.7 Å². The van der Waals surface area contributed by atoms with E-state index in [9.17, 15) is 4.39 Å². The van der Waals surface area contributed by atoms with Crippen molar-refractivity contribution in [2.45, 2.75) is 31.2 Å². The summed E-state index contributed by atoms with van der Waals surface area (Å²) < 4.78 is 13.1. The number of likely N-dealkylation sites (tertiary alicyclic amines) is 1. The molecule has 5 heteroatoms. The van der Waals surface area contributed by atoms with Gasteiger partial charge in [0.25, 0.3) is 0 Å². The van der Waals surface area contributed by atoms with Gasteiger partial charge in [-0.25, -0.2) is 9.37 Å². The normalized spacial score (nSPS) is 19.2. The maximum atomic E-state index is 13.1. The van der Waals surface area contributed by atoms with Crippen LogP contribution in [-0.2, 0) is 6.42 Å². The molecule has 1 saturated carbocycles. The van der Waals surface area contributed by atoms with E-state index in [-0.39, 0.29) is 11.4 Å². The Kier molecular flexibility index (Phi) is 3.73. The van der Waals surface area contributed by atoms with E-state index in [1.54, 1.807) is 24.5 Å². The number of anilines is 1. The third-order valence-corrected chi connectivity index (χ3v) is 4.77. The molecule has 4 rings (SSSR count). The number of benzene rings is 1. The summed E-state index contributed by atoms with van der Waals surface area (Å²) in [6.07, 6.45) is 7.81. The van der Waals surface area contributed by atoms with Crippen LogP contribution in [0.2, 0.25) is 0 Å². The lowest BCUT2D eigenvalue weighted by atomic mass is 10.1. The van der Waals surface area contributed by atoms with Gasteiger partial charge in [-0.2, -0.15) is 0 Å². The Labute approximate surface area is 135 Å². The molecule has 0 bridgehead atoms. The van der Waals surface area contributed by atoms with E-state index in [4.69, 9.17) is 0 Å². The highest BCUT2D eigenvalue weighted by atomic mass is 19.1. The van der Waals surface area contributed by atoms with Crippen molar-refractivity contribution < 1.29 is 4.39 Å². The number of halogens is 1. The summed E-state index contributed by atoms with van der Waals surface area (Å²) in [6, 6.07) is 6.59. The fourth-order valence-electron chi connectivity index (χ4n) is 3.09. The smallest absolute Gasteiger partial charge is 0.148 e. The minimum Gasteiger partial charge on any atom is -0.362 e. The third-order valence-electron chi connectivity index (χ3n) is 4.77. The van der Waals surface area contributed by atoms with Gasteiger partial charge in [0, 0.05) is 25.4 Å². The second-order valence-electron chi connectivity index (χ2n) is 6.69. The molecule has 1 N–H and O–H groups in total. The van der Waals surface area contributed by atoms with Gasteiger partial charge in [0.1, 0.15) is 11.6 Å². The molecule has 0 amide bonds. The molecule has 1 aliphatic carbocycles. The van der Waals surface area contributed by atoms with E-state index in [0.717, 1.165) is 23.6 Å². The highest BCUT2D eigenvalue weighted by molar-refractivity contribution is 5.46. The first-order chi connectivity index (χ1) is 11.2. The van der Waals surface area contributed by atoms with E-state index in [2.05, 4.69) is 20.2 Å². The van der Waals surface area contributed by atoms with Gasteiger partial charge in [-0.05, 0) is 50.0 Å². The molecule has 1 aromatic carbocycles. The molecular weight excluding hydrogens is 291 g/mol. The van der Waals surface area contributed by atoms with Crippen LogP contribution in [0.15, 0.2) is 36.7 Å². The highest BCUT2D eigenvalue weighted by Gasteiger charge is 2.45. The van der Waals surface area contributed by atoms with Crippen LogP contribution in [0.4, 0.5) is 10.2 Å². The van der Waals surface area contributed by atoms with Crippen molar-refractivity contribution in [3.8, 4) is 0 Å². The quantitative estimate of drug-likeness (QED) is 0.890. The number of hydrogen-bond acceptors (Lipinski definition) is 4. The largest absolute Gasteiger partial charge is 0.362 e. The third kappa shape index (κ3) is 3.34. The van der Waals surface area contributed by atoms with E-state index >= 15 is 0 Å². The summed E-state index contributed by atoms with van der Waals surface area (Å²) in [4.78, 5) is 11.5. The van der Waals surface area contributed by atoms with E-state index < -0.39 is 0 Å². The molecule has 120 valence electrons. The predicted octanol–water partition coefficient (Wildman–Crippen LogP) is 2.86. The number of nitrogens with zero attached hydrogens (tertiary/aromatic N) is 3. The van der Waals surface area contributed by atoms with Crippen LogP contribution < -0.4 is 5.32 Å². The zero-order valence-corrected chi connectivity index (χ0v) is 13.1. The number of rotatable bonds is 6. The van der Waals surface area contributed by atoms with Gasteiger partial charge >= 0.3 is 0 Å². The lowest BCUT2D eigenvalue weighted by Gasteiger charge is -2.35. The Morgan fingerprint density at radius 1 is 1.09 bits per heavy atom. The van der Waals surface area contributed by atoms with E-state index in [1.807, 2.05) is 0 Å². The molecule has 0 radical (unpaired) electrons. The van der Waals surface area contributed by atoms with E-state index in [1.165, 1.54) is 44.5 Å². The van der Waals surface area contributed by atoms with Gasteiger partial charge in [0.2, 0.25) is 0 Å². The van der Waals surface area contributed by atoms with Crippen molar-refractivity contribution in [3.63, 3.8) is 0 Å². The Hall–Kier alpha value is -2.01. The fraction of sp³-hybridized carbons (Fsp3) is 0.444. The number of nitrogens with one attached hydrogen (secondary N) is 1. The molecule has 2 aromatic rings. The Bertz CT molecular complexity index is 678. The Balaban J connectivity index is 1.49.